The number of para-hydroxylation sites is 1. The van der Waals surface area contributed by atoms with Gasteiger partial charge in [0.05, 0.1) is 0 Å². The van der Waals surface area contributed by atoms with E-state index in [1.165, 1.54) is 27.8 Å². The van der Waals surface area contributed by atoms with Crippen LogP contribution in [0.3, 0.4) is 0 Å². The van der Waals surface area contributed by atoms with Gasteiger partial charge in [0.15, 0.2) is 0 Å². The van der Waals surface area contributed by atoms with Crippen LogP contribution in [0.1, 0.15) is 40.6 Å². The van der Waals surface area contributed by atoms with E-state index in [1.807, 2.05) is 6.07 Å². The van der Waals surface area contributed by atoms with E-state index in [9.17, 15) is 0 Å². The number of benzene rings is 3. The number of rotatable bonds is 5. The molecule has 0 atom stereocenters. The standard InChI is InChI=1S/C13H13O2.C13H9.C3H6.2ClH.Zr/c1-14-12-9-5-8-11(13(12)15-2)10-6-3-4-7-10;1-3-7-12-10(5-1)9-11-6-2-4-8-13(11)12;1-3-2;;;/h3,5-6,8-9H,4H2,1-2H3;1-9H;1-2H3;2*1H;. The molecule has 0 unspecified atom stereocenters. The molecule has 0 saturated heterocycles. The molecule has 176 valence electrons. The Labute approximate surface area is 222 Å². The zero-order chi connectivity index (χ0) is 22.2. The first kappa shape index (κ1) is 26.7. The molecule has 0 amide bonds. The fraction of sp³-hybridized carbons (Fsp3) is 0.207. The number of methoxy groups -OCH3 is 2. The van der Waals surface area contributed by atoms with E-state index in [0.717, 1.165) is 23.5 Å². The normalized spacial score (nSPS) is 13.5. The van der Waals surface area contributed by atoms with Crippen LogP contribution in [0, 0.1) is 0 Å². The predicted octanol–water partition coefficient (Wildman–Crippen LogP) is 7.82. The van der Waals surface area contributed by atoms with Crippen LogP contribution < -0.4 is 9.47 Å². The van der Waals surface area contributed by atoms with Gasteiger partial charge in [-0.25, -0.2) is 0 Å². The van der Waals surface area contributed by atoms with Crippen LogP contribution in [0.4, 0.5) is 0 Å². The first-order valence-corrected chi connectivity index (χ1v) is 15.0. The number of fused-ring (bicyclic) bond motifs is 3. The van der Waals surface area contributed by atoms with Crippen LogP contribution in [0.15, 0.2) is 82.2 Å². The second-order valence-electron chi connectivity index (χ2n) is 8.56. The SMILES string of the molecule is COc1cccc(C2=[C]([Zr](=[C](C)C)[CH]3c4ccccc4-c4ccccc43)CC=C2)c1OC.Cl.Cl. The van der Waals surface area contributed by atoms with Crippen LogP contribution in [-0.4, -0.2) is 17.4 Å². The predicted molar refractivity (Wildman–Crippen MR) is 145 cm³/mol. The number of hydrogen-bond acceptors (Lipinski definition) is 2. The Hall–Kier alpha value is -1.93. The molecule has 0 aliphatic heterocycles. The molecule has 3 aromatic rings. The maximum atomic E-state index is 5.83. The molecule has 2 aliphatic rings. The van der Waals surface area contributed by atoms with Crippen molar-refractivity contribution in [2.45, 2.75) is 23.9 Å². The number of halogens is 2. The smallest absolute Gasteiger partial charge is 0.147 e. The first-order chi connectivity index (χ1) is 15.7. The van der Waals surface area contributed by atoms with Crippen molar-refractivity contribution in [3.8, 4) is 22.6 Å². The number of ether oxygens (including phenoxy) is 2. The maximum absolute atomic E-state index is 5.83. The van der Waals surface area contributed by atoms with E-state index in [4.69, 9.17) is 9.47 Å². The molecule has 0 aromatic heterocycles. The van der Waals surface area contributed by atoms with Crippen molar-refractivity contribution in [3.63, 3.8) is 0 Å². The van der Waals surface area contributed by atoms with Crippen LogP contribution in [0.2, 0.25) is 0 Å². The van der Waals surface area contributed by atoms with E-state index >= 15 is 0 Å². The molecular weight excluding hydrogens is 542 g/mol. The van der Waals surface area contributed by atoms with Gasteiger partial charge in [0, 0.05) is 0 Å². The Balaban J connectivity index is 0.00000162. The Morgan fingerprint density at radius 2 is 1.35 bits per heavy atom. The van der Waals surface area contributed by atoms with Crippen LogP contribution in [0.25, 0.3) is 16.7 Å². The van der Waals surface area contributed by atoms with Crippen LogP contribution in [-0.2, 0) is 21.3 Å². The molecule has 0 radical (unpaired) electrons. The minimum Gasteiger partial charge on any atom is -0.147 e. The molecule has 2 aliphatic carbocycles. The van der Waals surface area contributed by atoms with Crippen molar-refractivity contribution in [2.24, 2.45) is 0 Å². The minimum absolute atomic E-state index is 0. The van der Waals surface area contributed by atoms with Crippen molar-refractivity contribution in [1.29, 1.82) is 0 Å². The first-order valence-electron chi connectivity index (χ1n) is 11.1. The van der Waals surface area contributed by atoms with Crippen molar-refractivity contribution in [1.82, 2.24) is 0 Å². The summed E-state index contributed by atoms with van der Waals surface area (Å²) in [5.74, 6) is 1.62. The Kier molecular flexibility index (Phi) is 8.79. The van der Waals surface area contributed by atoms with Crippen LogP contribution >= 0.6 is 24.8 Å². The minimum atomic E-state index is -2.30. The molecule has 0 heterocycles. The number of hydrogen-bond donors (Lipinski definition) is 0. The van der Waals surface area contributed by atoms with Gasteiger partial charge in [-0.1, -0.05) is 0 Å². The van der Waals surface area contributed by atoms with E-state index < -0.39 is 21.3 Å². The van der Waals surface area contributed by atoms with Crippen molar-refractivity contribution in [3.05, 3.63) is 98.9 Å². The summed E-state index contributed by atoms with van der Waals surface area (Å²) in [6, 6.07) is 24.3. The summed E-state index contributed by atoms with van der Waals surface area (Å²) < 4.78 is 15.2. The molecule has 0 bridgehead atoms. The van der Waals surface area contributed by atoms with Crippen molar-refractivity contribution >= 4 is 33.6 Å². The van der Waals surface area contributed by atoms with Crippen molar-refractivity contribution < 1.29 is 30.7 Å². The molecule has 5 rings (SSSR count). The molecule has 0 N–H and O–H groups in total. The largest absolute Gasteiger partial charge is 0.147 e. The van der Waals surface area contributed by atoms with Gasteiger partial charge in [0.1, 0.15) is 0 Å². The molecule has 34 heavy (non-hydrogen) atoms. The topological polar surface area (TPSA) is 18.5 Å². The Morgan fingerprint density at radius 3 is 1.91 bits per heavy atom. The maximum Gasteiger partial charge on any atom is -0.147 e. The molecule has 0 spiro atoms. The summed E-state index contributed by atoms with van der Waals surface area (Å²) in [4.78, 5) is 0. The molecule has 0 fully saturated rings. The van der Waals surface area contributed by atoms with E-state index in [-0.39, 0.29) is 24.8 Å². The van der Waals surface area contributed by atoms with Crippen molar-refractivity contribution in [2.75, 3.05) is 14.2 Å². The number of allylic oxidation sites excluding steroid dienone is 4. The van der Waals surface area contributed by atoms with Gasteiger partial charge >= 0.3 is 199 Å². The Bertz CT molecular complexity index is 1260. The molecule has 0 saturated carbocycles. The zero-order valence-electron chi connectivity index (χ0n) is 19.9. The van der Waals surface area contributed by atoms with E-state index in [2.05, 4.69) is 86.7 Å². The summed E-state index contributed by atoms with van der Waals surface area (Å²) in [5, 5.41) is 0. The zero-order valence-corrected chi connectivity index (χ0v) is 24.0. The van der Waals surface area contributed by atoms with Gasteiger partial charge in [-0.2, -0.15) is 0 Å². The summed E-state index contributed by atoms with van der Waals surface area (Å²) in [5.41, 5.74) is 8.35. The van der Waals surface area contributed by atoms with E-state index in [1.54, 1.807) is 20.7 Å². The van der Waals surface area contributed by atoms with Gasteiger partial charge in [-0.05, 0) is 0 Å². The van der Waals surface area contributed by atoms with Crippen LogP contribution in [0.5, 0.6) is 11.5 Å². The van der Waals surface area contributed by atoms with Gasteiger partial charge < -0.3 is 0 Å². The second-order valence-corrected chi connectivity index (χ2v) is 16.0. The molecule has 3 aromatic carbocycles. The van der Waals surface area contributed by atoms with Gasteiger partial charge in [0.2, 0.25) is 0 Å². The fourth-order valence-electron chi connectivity index (χ4n) is 5.34. The molecule has 2 nitrogen and oxygen atoms in total. The third-order valence-electron chi connectivity index (χ3n) is 6.61. The Morgan fingerprint density at radius 1 is 0.765 bits per heavy atom. The van der Waals surface area contributed by atoms with Gasteiger partial charge in [-0.3, -0.25) is 0 Å². The molecular formula is C29H30Cl2O2Zr. The summed E-state index contributed by atoms with van der Waals surface area (Å²) in [7, 11) is 3.44. The monoisotopic (exact) mass is 570 g/mol. The average molecular weight is 573 g/mol. The summed E-state index contributed by atoms with van der Waals surface area (Å²) in [6.45, 7) is 4.73. The third kappa shape index (κ3) is 4.39. The van der Waals surface area contributed by atoms with E-state index in [0.29, 0.717) is 3.63 Å². The third-order valence-corrected chi connectivity index (χ3v) is 15.0. The quantitative estimate of drug-likeness (QED) is 0.310. The molecule has 5 heteroatoms. The van der Waals surface area contributed by atoms with Gasteiger partial charge in [0.25, 0.3) is 0 Å². The van der Waals surface area contributed by atoms with Gasteiger partial charge in [-0.15, -0.1) is 24.8 Å². The second kappa shape index (κ2) is 11.2. The fourth-order valence-corrected chi connectivity index (χ4v) is 13.9. The average Bonchev–Trinajstić information content (AvgIpc) is 3.42. The summed E-state index contributed by atoms with van der Waals surface area (Å²) in [6.07, 6.45) is 5.68. The summed E-state index contributed by atoms with van der Waals surface area (Å²) >= 11 is -2.30.